The highest BCUT2D eigenvalue weighted by Crippen LogP contribution is 2.40. The molecule has 7 heterocycles. The van der Waals surface area contributed by atoms with Gasteiger partial charge in [0.2, 0.25) is 41.3 Å². The largest absolute Gasteiger partial charge is 0.481 e. The van der Waals surface area contributed by atoms with Crippen LogP contribution < -0.4 is 47.1 Å². The van der Waals surface area contributed by atoms with Gasteiger partial charge in [0, 0.05) is 81.7 Å². The van der Waals surface area contributed by atoms with Gasteiger partial charge >= 0.3 is 5.97 Å². The average molecular weight is 1380 g/mol. The second-order valence-corrected chi connectivity index (χ2v) is 24.9. The molecule has 0 spiro atoms. The van der Waals surface area contributed by atoms with Crippen LogP contribution >= 0.6 is 22.6 Å². The Balaban J connectivity index is 0.000000141. The zero-order valence-corrected chi connectivity index (χ0v) is 54.8. The molecule has 5 aromatic carbocycles. The van der Waals surface area contributed by atoms with Crippen LogP contribution in [-0.2, 0) is 41.9 Å². The van der Waals surface area contributed by atoms with Crippen molar-refractivity contribution < 1.29 is 43.3 Å². The van der Waals surface area contributed by atoms with Gasteiger partial charge in [-0.25, -0.2) is 9.97 Å². The summed E-state index contributed by atoms with van der Waals surface area (Å²) in [7, 11) is 4.72. The lowest BCUT2D eigenvalue weighted by Gasteiger charge is -2.29. The fourth-order valence-electron chi connectivity index (χ4n) is 11.4. The number of nitrogens with one attached hydrogen (secondary N) is 4. The van der Waals surface area contributed by atoms with Crippen LogP contribution in [0, 0.1) is 21.3 Å². The van der Waals surface area contributed by atoms with Crippen LogP contribution in [-0.4, -0.2) is 110 Å². The Labute approximate surface area is 558 Å². The first kappa shape index (κ1) is 67.3. The molecule has 9 N–H and O–H groups in total. The predicted octanol–water partition coefficient (Wildman–Crippen LogP) is 8.73. The third kappa shape index (κ3) is 17.8. The van der Waals surface area contributed by atoms with Gasteiger partial charge in [0.05, 0.1) is 86.9 Å². The minimum Gasteiger partial charge on any atom is -0.481 e. The number of aliphatic carboxylic acids is 1. The third-order valence-corrected chi connectivity index (χ3v) is 17.4. The maximum absolute atomic E-state index is 13.3. The van der Waals surface area contributed by atoms with Gasteiger partial charge in [0.25, 0.3) is 0 Å². The first-order valence-corrected chi connectivity index (χ1v) is 32.5. The zero-order valence-electron chi connectivity index (χ0n) is 52.6. The van der Waals surface area contributed by atoms with E-state index in [4.69, 9.17) is 20.3 Å². The zero-order chi connectivity index (χ0) is 66.3. The summed E-state index contributed by atoms with van der Waals surface area (Å²) in [6.07, 6.45) is 13.9. The molecular weight excluding hydrogens is 1310 g/mol. The number of hydrogen-bond acceptors (Lipinski definition) is 14. The lowest BCUT2D eigenvalue weighted by atomic mass is 9.99. The minimum atomic E-state index is -0.630. The highest BCUT2D eigenvalue weighted by atomic mass is 127. The number of aromatic nitrogens is 6. The van der Waals surface area contributed by atoms with E-state index in [0.717, 1.165) is 93.8 Å². The van der Waals surface area contributed by atoms with E-state index in [1.165, 1.54) is 10.6 Å². The standard InChI is InChI=1S/C28H27N5O3.C14H12IN3O.C14H16N2O2.C10H12N2O.C4H6O2.CH5N/c1-36-25-13-18(11-12-29-25)17-32-24-10-9-22(14-21(24)16-30-32)33-26(34)15-23(31-28(35)20-7-8-20)27(33)19-5-3-2-4-6-19;1-19-14-6-10(4-5-16-14)9-18-13-3-2-12(15)7-11(13)8-17-18;17-12-8-11(15-14(18)10-6-7-10)13(16-12)9-4-2-1-3-5-9;11-8-6-9(13)12-10(8)7-4-2-1-3-5-7;5-4(6)3-1-2-3;1-2/h2-6,9-14,16,20,23,27H,7-8,15,17H2,1H3,(H,31,35);2-8H,9H2,1H3;1-5,10-11,13H,6-8H2,(H,15,18)(H,16,17);1-5,8,10H,6,11H2,(H,12,13);3H,1-2H2,(H,5,6);2H2,1H3/t23-,27?;;11-,13?;8-,10?;;/m0.00../s1. The monoisotopic (exact) mass is 1380 g/mol. The average Bonchev–Trinajstić information content (AvgIpc) is 1.60. The van der Waals surface area contributed by atoms with Crippen LogP contribution in [0.25, 0.3) is 21.8 Å². The van der Waals surface area contributed by atoms with Crippen molar-refractivity contribution in [2.45, 2.75) is 107 Å². The molecule has 6 atom stereocenters. The lowest BCUT2D eigenvalue weighted by Crippen LogP contribution is -2.40. The molecule has 3 aliphatic carbocycles. The first-order valence-electron chi connectivity index (χ1n) is 31.5. The van der Waals surface area contributed by atoms with Gasteiger partial charge in [-0.3, -0.25) is 38.1 Å². The number of fused-ring (bicyclic) bond motifs is 2. The van der Waals surface area contributed by atoms with Crippen molar-refractivity contribution in [2.75, 3.05) is 26.2 Å². The van der Waals surface area contributed by atoms with E-state index in [2.05, 4.69) is 88.0 Å². The Morgan fingerprint density at radius 1 is 0.574 bits per heavy atom. The Hall–Kier alpha value is -9.59. The highest BCUT2D eigenvalue weighted by molar-refractivity contribution is 14.1. The second kappa shape index (κ2) is 31.8. The van der Waals surface area contributed by atoms with Crippen molar-refractivity contribution in [1.82, 2.24) is 50.8 Å². The normalized spacial score (nSPS) is 20.0. The number of methoxy groups -OCH3 is 2. The summed E-state index contributed by atoms with van der Waals surface area (Å²) < 4.78 is 15.5. The molecule has 5 amide bonds. The number of carboxylic acids is 1. The number of amides is 5. The van der Waals surface area contributed by atoms with Crippen LogP contribution in [0.15, 0.2) is 176 Å². The molecule has 23 heteroatoms. The molecule has 3 saturated heterocycles. The smallest absolute Gasteiger partial charge is 0.306 e. The topological polar surface area (TPSA) is 306 Å². The van der Waals surface area contributed by atoms with Gasteiger partial charge in [0.1, 0.15) is 0 Å². The van der Waals surface area contributed by atoms with Gasteiger partial charge in [-0.2, -0.15) is 10.2 Å². The summed E-state index contributed by atoms with van der Waals surface area (Å²) in [5, 5.41) is 31.1. The molecule has 0 radical (unpaired) electrons. The van der Waals surface area contributed by atoms with Crippen molar-refractivity contribution >= 4 is 85.6 Å². The Kier molecular flexibility index (Phi) is 22.8. The number of nitrogens with zero attached hydrogens (tertiary/aromatic N) is 7. The number of carbonyl (C=O) groups excluding carboxylic acids is 5. The van der Waals surface area contributed by atoms with Crippen LogP contribution in [0.4, 0.5) is 5.69 Å². The number of carboxylic acid groups (broad SMARTS) is 1. The molecule has 6 fully saturated rings. The number of anilines is 1. The molecule has 3 aliphatic heterocycles. The first-order chi connectivity index (χ1) is 45.7. The Morgan fingerprint density at radius 2 is 1.04 bits per heavy atom. The predicted molar refractivity (Wildman–Crippen MR) is 365 cm³/mol. The number of pyridine rings is 2. The van der Waals surface area contributed by atoms with Gasteiger partial charge in [-0.05, 0) is 145 Å². The van der Waals surface area contributed by atoms with Crippen LogP contribution in [0.1, 0.15) is 104 Å². The maximum atomic E-state index is 13.3. The summed E-state index contributed by atoms with van der Waals surface area (Å²) in [5.74, 6) is 1.05. The van der Waals surface area contributed by atoms with Crippen molar-refractivity contribution in [2.24, 2.45) is 29.2 Å². The Morgan fingerprint density at radius 3 is 1.52 bits per heavy atom. The fraction of sp³-hybridized carbons (Fsp3) is 0.324. The minimum absolute atomic E-state index is 0.000530. The lowest BCUT2D eigenvalue weighted by molar-refractivity contribution is -0.138. The molecule has 94 heavy (non-hydrogen) atoms. The summed E-state index contributed by atoms with van der Waals surface area (Å²) in [4.78, 5) is 80.2. The fourth-order valence-corrected chi connectivity index (χ4v) is 12.0. The van der Waals surface area contributed by atoms with E-state index in [-0.39, 0.29) is 90.0 Å². The summed E-state index contributed by atoms with van der Waals surface area (Å²) in [5.41, 5.74) is 18.5. The highest BCUT2D eigenvalue weighted by Gasteiger charge is 2.44. The van der Waals surface area contributed by atoms with E-state index in [0.29, 0.717) is 37.7 Å². The number of benzene rings is 5. The molecule has 4 aromatic heterocycles. The number of halogens is 1. The number of carbonyl (C=O) groups is 6. The van der Waals surface area contributed by atoms with Gasteiger partial charge < -0.3 is 52.2 Å². The molecule has 0 bridgehead atoms. The number of hydrogen-bond donors (Lipinski definition) is 7. The number of ether oxygens (including phenoxy) is 2. The summed E-state index contributed by atoms with van der Waals surface area (Å²) in [6.45, 7) is 1.29. The van der Waals surface area contributed by atoms with Crippen molar-refractivity contribution in [1.29, 1.82) is 0 Å². The molecule has 15 rings (SSSR count). The quantitative estimate of drug-likeness (QED) is 0.0472. The molecule has 3 unspecified atom stereocenters. The molecule has 6 aliphatic rings. The molecule has 488 valence electrons. The van der Waals surface area contributed by atoms with E-state index in [1.54, 1.807) is 26.6 Å². The van der Waals surface area contributed by atoms with E-state index >= 15 is 0 Å². The van der Waals surface area contributed by atoms with Crippen LogP contribution in [0.3, 0.4) is 0 Å². The number of rotatable bonds is 15. The van der Waals surface area contributed by atoms with E-state index < -0.39 is 5.97 Å². The van der Waals surface area contributed by atoms with Crippen molar-refractivity contribution in [3.63, 3.8) is 0 Å². The van der Waals surface area contributed by atoms with Gasteiger partial charge in [-0.15, -0.1) is 0 Å². The number of nitrogens with two attached hydrogens (primary N) is 2. The third-order valence-electron chi connectivity index (χ3n) is 16.7. The SMILES string of the molecule is CN.COc1cc(Cn2ncc3cc(I)ccc32)ccn1.COc1cc(Cn2ncc3cc(N4C(=O)C[C@H](NC(=O)C5CC5)C4c4ccccc4)ccc32)ccn1.N[C@H]1CC(=O)NC1c1ccccc1.O=C(O)C1CC1.O=C1C[C@H](NC(=O)C2CC2)C(c2ccccc2)N1. The van der Waals surface area contributed by atoms with Crippen molar-refractivity contribution in [3.8, 4) is 11.8 Å². The van der Waals surface area contributed by atoms with Crippen molar-refractivity contribution in [3.05, 3.63) is 208 Å². The molecule has 22 nitrogen and oxygen atoms in total. The van der Waals surface area contributed by atoms with Gasteiger partial charge in [-0.1, -0.05) is 91.0 Å². The van der Waals surface area contributed by atoms with Crippen LogP contribution in [0.2, 0.25) is 0 Å². The van der Waals surface area contributed by atoms with Crippen LogP contribution in [0.5, 0.6) is 11.8 Å². The summed E-state index contributed by atoms with van der Waals surface area (Å²) in [6, 6.07) is 48.7. The second-order valence-electron chi connectivity index (χ2n) is 23.7. The molecule has 3 saturated carbocycles. The Bertz CT molecular complexity index is 4070. The van der Waals surface area contributed by atoms with E-state index in [9.17, 15) is 28.8 Å². The van der Waals surface area contributed by atoms with E-state index in [1.807, 2.05) is 160 Å². The molecule has 9 aromatic rings. The maximum Gasteiger partial charge on any atom is 0.306 e. The van der Waals surface area contributed by atoms with Gasteiger partial charge in [0.15, 0.2) is 0 Å². The summed E-state index contributed by atoms with van der Waals surface area (Å²) >= 11 is 2.31. The molecular formula is C71H78IN13O9.